The highest BCUT2D eigenvalue weighted by atomic mass is 35.5. The van der Waals surface area contributed by atoms with Gasteiger partial charge in [-0.1, -0.05) is 29.3 Å². The molecule has 4 nitrogen and oxygen atoms in total. The van der Waals surface area contributed by atoms with Crippen LogP contribution in [-0.4, -0.2) is 15.9 Å². The predicted octanol–water partition coefficient (Wildman–Crippen LogP) is 2.71. The molecule has 16 heavy (non-hydrogen) atoms. The molecule has 1 amide bonds. The van der Waals surface area contributed by atoms with Crippen molar-refractivity contribution < 1.29 is 4.79 Å². The number of rotatable bonds is 3. The van der Waals surface area contributed by atoms with E-state index in [4.69, 9.17) is 23.2 Å². The second-order valence-corrected chi connectivity index (χ2v) is 4.72. The van der Waals surface area contributed by atoms with Crippen LogP contribution in [0.15, 0.2) is 17.5 Å². The van der Waals surface area contributed by atoms with Gasteiger partial charge in [0.05, 0.1) is 6.54 Å². The smallest absolute Gasteiger partial charge is 0.287 e. The second-order valence-electron chi connectivity index (χ2n) is 2.95. The molecule has 0 aromatic carbocycles. The van der Waals surface area contributed by atoms with Crippen molar-refractivity contribution in [3.63, 3.8) is 0 Å². The number of hydrogen-bond acceptors (Lipinski definition) is 3. The number of amides is 1. The number of nitrogens with zero attached hydrogens (tertiary/aromatic N) is 1. The van der Waals surface area contributed by atoms with Gasteiger partial charge in [-0.3, -0.25) is 4.79 Å². The van der Waals surface area contributed by atoms with Gasteiger partial charge >= 0.3 is 0 Å². The lowest BCUT2D eigenvalue weighted by Gasteiger charge is -1.99. The Morgan fingerprint density at radius 2 is 2.38 bits per heavy atom. The summed E-state index contributed by atoms with van der Waals surface area (Å²) in [7, 11) is 0. The fraction of sp³-hybridized carbons (Fsp3) is 0.111. The molecule has 0 unspecified atom stereocenters. The van der Waals surface area contributed by atoms with Gasteiger partial charge in [0.2, 0.25) is 0 Å². The molecule has 0 aliphatic rings. The zero-order valence-corrected chi connectivity index (χ0v) is 10.3. The van der Waals surface area contributed by atoms with E-state index in [1.807, 2.05) is 17.5 Å². The maximum Gasteiger partial charge on any atom is 0.287 e. The second kappa shape index (κ2) is 4.86. The fourth-order valence-electron chi connectivity index (χ4n) is 1.10. The average Bonchev–Trinajstić information content (AvgIpc) is 2.86. The number of thiophene rings is 1. The number of imidazole rings is 1. The SMILES string of the molecule is O=C(NCc1cccs1)c1nc(Cl)c(Cl)[nH]1. The van der Waals surface area contributed by atoms with E-state index >= 15 is 0 Å². The van der Waals surface area contributed by atoms with Crippen molar-refractivity contribution in [1.29, 1.82) is 0 Å². The molecular weight excluding hydrogens is 269 g/mol. The maximum absolute atomic E-state index is 11.6. The summed E-state index contributed by atoms with van der Waals surface area (Å²) in [5.41, 5.74) is 0. The maximum atomic E-state index is 11.6. The Morgan fingerprint density at radius 1 is 1.56 bits per heavy atom. The third-order valence-corrected chi connectivity index (χ3v) is 3.36. The van der Waals surface area contributed by atoms with Crippen molar-refractivity contribution in [2.24, 2.45) is 0 Å². The topological polar surface area (TPSA) is 57.8 Å². The first-order valence-corrected chi connectivity index (χ1v) is 6.02. The fourth-order valence-corrected chi connectivity index (χ4v) is 2.01. The normalized spacial score (nSPS) is 10.4. The summed E-state index contributed by atoms with van der Waals surface area (Å²) in [4.78, 5) is 19.0. The number of aromatic amines is 1. The van der Waals surface area contributed by atoms with E-state index in [0.717, 1.165) is 4.88 Å². The summed E-state index contributed by atoms with van der Waals surface area (Å²) in [5.74, 6) is -0.214. The zero-order valence-electron chi connectivity index (χ0n) is 7.96. The largest absolute Gasteiger partial charge is 0.344 e. The molecule has 0 saturated carbocycles. The Labute approximate surface area is 106 Å². The van der Waals surface area contributed by atoms with Gasteiger partial charge in [-0.05, 0) is 11.4 Å². The molecule has 0 fully saturated rings. The number of nitrogens with one attached hydrogen (secondary N) is 2. The van der Waals surface area contributed by atoms with Crippen LogP contribution in [0.25, 0.3) is 0 Å². The molecule has 0 radical (unpaired) electrons. The Hall–Kier alpha value is -1.04. The monoisotopic (exact) mass is 275 g/mol. The average molecular weight is 276 g/mol. The lowest BCUT2D eigenvalue weighted by atomic mass is 10.4. The number of halogens is 2. The van der Waals surface area contributed by atoms with E-state index in [2.05, 4.69) is 15.3 Å². The minimum absolute atomic E-state index is 0.0999. The number of H-pyrrole nitrogens is 1. The first-order valence-electron chi connectivity index (χ1n) is 4.38. The van der Waals surface area contributed by atoms with Gasteiger partial charge in [0.1, 0.15) is 5.15 Å². The third kappa shape index (κ3) is 2.55. The predicted molar refractivity (Wildman–Crippen MR) is 64.1 cm³/mol. The van der Waals surface area contributed by atoms with E-state index in [0.29, 0.717) is 6.54 Å². The number of aromatic nitrogens is 2. The molecule has 0 spiro atoms. The van der Waals surface area contributed by atoms with Crippen LogP contribution < -0.4 is 5.32 Å². The highest BCUT2D eigenvalue weighted by molar-refractivity contribution is 7.09. The van der Waals surface area contributed by atoms with Gasteiger partial charge in [0, 0.05) is 4.88 Å². The third-order valence-electron chi connectivity index (χ3n) is 1.84. The first kappa shape index (κ1) is 11.4. The van der Waals surface area contributed by atoms with Gasteiger partial charge in [-0.15, -0.1) is 11.3 Å². The molecular formula is C9H7Cl2N3OS. The van der Waals surface area contributed by atoms with E-state index in [-0.39, 0.29) is 22.0 Å². The van der Waals surface area contributed by atoms with Crippen molar-refractivity contribution in [3.8, 4) is 0 Å². The zero-order chi connectivity index (χ0) is 11.5. The Morgan fingerprint density at radius 3 is 2.94 bits per heavy atom. The van der Waals surface area contributed by atoms with Crippen LogP contribution in [0.2, 0.25) is 10.3 Å². The van der Waals surface area contributed by atoms with Crippen LogP contribution in [0.5, 0.6) is 0 Å². The minimum Gasteiger partial charge on any atom is -0.344 e. The van der Waals surface area contributed by atoms with E-state index < -0.39 is 0 Å². The molecule has 84 valence electrons. The molecule has 0 aliphatic heterocycles. The van der Waals surface area contributed by atoms with Gasteiger partial charge in [0.15, 0.2) is 11.0 Å². The van der Waals surface area contributed by atoms with Crippen LogP contribution in [0.3, 0.4) is 0 Å². The van der Waals surface area contributed by atoms with Gasteiger partial charge < -0.3 is 10.3 Å². The summed E-state index contributed by atoms with van der Waals surface area (Å²) in [6.45, 7) is 0.465. The number of carbonyl (C=O) groups is 1. The minimum atomic E-state index is -0.331. The molecule has 2 aromatic rings. The molecule has 0 atom stereocenters. The summed E-state index contributed by atoms with van der Waals surface area (Å²) < 4.78 is 0. The Kier molecular flexibility index (Phi) is 3.48. The number of carbonyl (C=O) groups excluding carboxylic acids is 1. The van der Waals surface area contributed by atoms with Crippen LogP contribution in [0.4, 0.5) is 0 Å². The van der Waals surface area contributed by atoms with E-state index in [1.54, 1.807) is 11.3 Å². The van der Waals surface area contributed by atoms with Crippen molar-refractivity contribution in [3.05, 3.63) is 38.5 Å². The van der Waals surface area contributed by atoms with Gasteiger partial charge in [-0.2, -0.15) is 0 Å². The molecule has 2 rings (SSSR count). The standard InChI is InChI=1S/C9H7Cl2N3OS/c10-6-7(11)14-8(13-6)9(15)12-4-5-2-1-3-16-5/h1-3H,4H2,(H,12,15)(H,13,14). The highest BCUT2D eigenvalue weighted by Gasteiger charge is 2.13. The lowest BCUT2D eigenvalue weighted by Crippen LogP contribution is -2.23. The summed E-state index contributed by atoms with van der Waals surface area (Å²) in [6, 6.07) is 3.86. The van der Waals surface area contributed by atoms with E-state index in [9.17, 15) is 4.79 Å². The summed E-state index contributed by atoms with van der Waals surface area (Å²) in [6.07, 6.45) is 0. The van der Waals surface area contributed by atoms with Crippen molar-refractivity contribution in [1.82, 2.24) is 15.3 Å². The van der Waals surface area contributed by atoms with Crippen LogP contribution in [0, 0.1) is 0 Å². The van der Waals surface area contributed by atoms with Crippen LogP contribution in [-0.2, 0) is 6.54 Å². The van der Waals surface area contributed by atoms with Crippen molar-refractivity contribution in [2.75, 3.05) is 0 Å². The summed E-state index contributed by atoms with van der Waals surface area (Å²) >= 11 is 12.8. The molecule has 2 aromatic heterocycles. The molecule has 0 saturated heterocycles. The number of hydrogen-bond donors (Lipinski definition) is 2. The first-order chi connectivity index (χ1) is 7.66. The van der Waals surface area contributed by atoms with Crippen molar-refractivity contribution >= 4 is 40.4 Å². The molecule has 2 heterocycles. The molecule has 0 aliphatic carbocycles. The van der Waals surface area contributed by atoms with Gasteiger partial charge in [-0.25, -0.2) is 4.98 Å². The van der Waals surface area contributed by atoms with Gasteiger partial charge in [0.25, 0.3) is 5.91 Å². The quantitative estimate of drug-likeness (QED) is 0.905. The molecule has 7 heteroatoms. The lowest BCUT2D eigenvalue weighted by molar-refractivity contribution is 0.0942. The Bertz CT molecular complexity index is 475. The Balaban J connectivity index is 1.98. The van der Waals surface area contributed by atoms with Crippen LogP contribution in [0.1, 0.15) is 15.5 Å². The van der Waals surface area contributed by atoms with Crippen molar-refractivity contribution in [2.45, 2.75) is 6.54 Å². The van der Waals surface area contributed by atoms with E-state index in [1.165, 1.54) is 0 Å². The molecule has 2 N–H and O–H groups in total. The summed E-state index contributed by atoms with van der Waals surface area (Å²) in [5, 5.41) is 4.92. The molecule has 0 bridgehead atoms. The van der Waals surface area contributed by atoms with Crippen LogP contribution >= 0.6 is 34.5 Å². The highest BCUT2D eigenvalue weighted by Crippen LogP contribution is 2.17.